The molecule has 86 valence electrons. The summed E-state index contributed by atoms with van der Waals surface area (Å²) in [5.41, 5.74) is 1.20. The van der Waals surface area contributed by atoms with Gasteiger partial charge in [-0.25, -0.2) is 4.98 Å². The molecule has 0 bridgehead atoms. The summed E-state index contributed by atoms with van der Waals surface area (Å²) in [6, 6.07) is 0. The zero-order valence-corrected chi connectivity index (χ0v) is 12.1. The van der Waals surface area contributed by atoms with Crippen LogP contribution in [-0.4, -0.2) is 28.8 Å². The zero-order valence-electron chi connectivity index (χ0n) is 9.66. The van der Waals surface area contributed by atoms with E-state index >= 15 is 0 Å². The largest absolute Gasteiger partial charge is 0.300 e. The van der Waals surface area contributed by atoms with Gasteiger partial charge < -0.3 is 4.90 Å². The number of aromatic nitrogens is 1. The van der Waals surface area contributed by atoms with E-state index in [9.17, 15) is 0 Å². The Bertz CT molecular complexity index is 284. The Morgan fingerprint density at radius 1 is 1.60 bits per heavy atom. The Kier molecular flexibility index (Phi) is 5.79. The van der Waals surface area contributed by atoms with E-state index < -0.39 is 0 Å². The predicted molar refractivity (Wildman–Crippen MR) is 70.8 cm³/mol. The van der Waals surface area contributed by atoms with Crippen LogP contribution >= 0.6 is 27.3 Å². The molecular formula is C11H19BrN2S. The molecule has 1 atom stereocenters. The molecule has 0 saturated carbocycles. The lowest BCUT2D eigenvalue weighted by Crippen LogP contribution is -2.26. The SMILES string of the molecule is CCC(CBr)CN(C)Cc1csc(C)n1. The second kappa shape index (κ2) is 6.61. The first-order valence-corrected chi connectivity index (χ1v) is 7.31. The van der Waals surface area contributed by atoms with Crippen LogP contribution in [0.25, 0.3) is 0 Å². The summed E-state index contributed by atoms with van der Waals surface area (Å²) >= 11 is 5.28. The first-order chi connectivity index (χ1) is 7.15. The van der Waals surface area contributed by atoms with Crippen molar-refractivity contribution in [2.45, 2.75) is 26.8 Å². The smallest absolute Gasteiger partial charge is 0.0897 e. The lowest BCUT2D eigenvalue weighted by atomic mass is 10.1. The molecule has 0 fully saturated rings. The second-order valence-corrected chi connectivity index (χ2v) is 5.69. The highest BCUT2D eigenvalue weighted by Gasteiger charge is 2.09. The Morgan fingerprint density at radius 3 is 2.80 bits per heavy atom. The van der Waals surface area contributed by atoms with Crippen LogP contribution < -0.4 is 0 Å². The first-order valence-electron chi connectivity index (χ1n) is 5.31. The highest BCUT2D eigenvalue weighted by atomic mass is 79.9. The highest BCUT2D eigenvalue weighted by Crippen LogP contribution is 2.12. The van der Waals surface area contributed by atoms with Crippen LogP contribution in [0.3, 0.4) is 0 Å². The van der Waals surface area contributed by atoms with Gasteiger partial charge in [-0.05, 0) is 19.9 Å². The molecule has 1 rings (SSSR count). The third-order valence-electron chi connectivity index (χ3n) is 2.46. The van der Waals surface area contributed by atoms with E-state index in [-0.39, 0.29) is 0 Å². The van der Waals surface area contributed by atoms with Crippen molar-refractivity contribution in [2.75, 3.05) is 18.9 Å². The molecule has 0 aromatic carbocycles. The molecule has 0 aliphatic carbocycles. The van der Waals surface area contributed by atoms with E-state index in [0.29, 0.717) is 0 Å². The minimum Gasteiger partial charge on any atom is -0.300 e. The van der Waals surface area contributed by atoms with Gasteiger partial charge in [0.15, 0.2) is 0 Å². The van der Waals surface area contributed by atoms with Gasteiger partial charge in [0, 0.05) is 23.8 Å². The van der Waals surface area contributed by atoms with Gasteiger partial charge in [0.25, 0.3) is 0 Å². The molecule has 1 aromatic rings. The minimum atomic E-state index is 0.745. The zero-order chi connectivity index (χ0) is 11.3. The minimum absolute atomic E-state index is 0.745. The average Bonchev–Trinajstić information content (AvgIpc) is 2.60. The second-order valence-electron chi connectivity index (χ2n) is 3.98. The van der Waals surface area contributed by atoms with E-state index in [1.165, 1.54) is 12.1 Å². The molecule has 0 amide bonds. The van der Waals surface area contributed by atoms with Crippen molar-refractivity contribution in [1.29, 1.82) is 0 Å². The molecule has 1 aromatic heterocycles. The lowest BCUT2D eigenvalue weighted by molar-refractivity contribution is 0.276. The Labute approximate surface area is 105 Å². The van der Waals surface area contributed by atoms with Gasteiger partial charge >= 0.3 is 0 Å². The van der Waals surface area contributed by atoms with Crippen LogP contribution in [0.4, 0.5) is 0 Å². The summed E-state index contributed by atoms with van der Waals surface area (Å²) in [5, 5.41) is 4.40. The third kappa shape index (κ3) is 4.62. The number of halogens is 1. The Balaban J connectivity index is 2.38. The van der Waals surface area contributed by atoms with E-state index in [2.05, 4.69) is 52.1 Å². The maximum absolute atomic E-state index is 4.47. The summed E-state index contributed by atoms with van der Waals surface area (Å²) in [6.45, 7) is 6.40. The molecule has 0 aliphatic heterocycles. The van der Waals surface area contributed by atoms with Crippen molar-refractivity contribution in [3.8, 4) is 0 Å². The molecule has 2 nitrogen and oxygen atoms in total. The Hall–Kier alpha value is 0.0700. The van der Waals surface area contributed by atoms with Crippen molar-refractivity contribution in [3.63, 3.8) is 0 Å². The van der Waals surface area contributed by atoms with E-state index in [1.807, 2.05) is 0 Å². The van der Waals surface area contributed by atoms with Crippen molar-refractivity contribution in [3.05, 3.63) is 16.1 Å². The summed E-state index contributed by atoms with van der Waals surface area (Å²) in [7, 11) is 2.17. The number of thiazole rings is 1. The average molecular weight is 291 g/mol. The maximum atomic E-state index is 4.47. The van der Waals surface area contributed by atoms with Gasteiger partial charge in [-0.15, -0.1) is 11.3 Å². The van der Waals surface area contributed by atoms with Crippen molar-refractivity contribution >= 4 is 27.3 Å². The summed E-state index contributed by atoms with van der Waals surface area (Å²) in [5.74, 6) is 0.745. The van der Waals surface area contributed by atoms with Crippen LogP contribution in [0.15, 0.2) is 5.38 Å². The number of rotatable bonds is 6. The first kappa shape index (κ1) is 13.1. The van der Waals surface area contributed by atoms with Crippen LogP contribution in [0.2, 0.25) is 0 Å². The topological polar surface area (TPSA) is 16.1 Å². The molecule has 1 heterocycles. The number of hydrogen-bond donors (Lipinski definition) is 0. The molecular weight excluding hydrogens is 272 g/mol. The molecule has 0 aliphatic rings. The molecule has 0 N–H and O–H groups in total. The molecule has 1 unspecified atom stereocenters. The van der Waals surface area contributed by atoms with E-state index in [0.717, 1.165) is 29.3 Å². The summed E-state index contributed by atoms with van der Waals surface area (Å²) in [4.78, 5) is 6.83. The monoisotopic (exact) mass is 290 g/mol. The van der Waals surface area contributed by atoms with Gasteiger partial charge in [-0.2, -0.15) is 0 Å². The fourth-order valence-corrected chi connectivity index (χ4v) is 2.82. The predicted octanol–water partition coefficient (Wildman–Crippen LogP) is 3.30. The highest BCUT2D eigenvalue weighted by molar-refractivity contribution is 9.09. The van der Waals surface area contributed by atoms with E-state index in [1.54, 1.807) is 11.3 Å². The third-order valence-corrected chi connectivity index (χ3v) is 4.20. The summed E-state index contributed by atoms with van der Waals surface area (Å²) in [6.07, 6.45) is 1.23. The van der Waals surface area contributed by atoms with Crippen molar-refractivity contribution in [2.24, 2.45) is 5.92 Å². The lowest BCUT2D eigenvalue weighted by Gasteiger charge is -2.20. The quantitative estimate of drug-likeness (QED) is 0.748. The molecule has 0 saturated heterocycles. The molecule has 0 spiro atoms. The van der Waals surface area contributed by atoms with E-state index in [4.69, 9.17) is 0 Å². The van der Waals surface area contributed by atoms with Crippen LogP contribution in [0.1, 0.15) is 24.0 Å². The van der Waals surface area contributed by atoms with Gasteiger partial charge in [-0.1, -0.05) is 29.3 Å². The molecule has 15 heavy (non-hydrogen) atoms. The molecule has 4 heteroatoms. The van der Waals surface area contributed by atoms with Crippen LogP contribution in [0.5, 0.6) is 0 Å². The normalized spacial score (nSPS) is 13.4. The maximum Gasteiger partial charge on any atom is 0.0897 e. The number of aryl methyl sites for hydroxylation is 1. The number of alkyl halides is 1. The molecule has 0 radical (unpaired) electrons. The fourth-order valence-electron chi connectivity index (χ4n) is 1.55. The Morgan fingerprint density at radius 2 is 2.33 bits per heavy atom. The number of hydrogen-bond acceptors (Lipinski definition) is 3. The van der Waals surface area contributed by atoms with Gasteiger partial charge in [0.2, 0.25) is 0 Å². The summed E-state index contributed by atoms with van der Waals surface area (Å²) < 4.78 is 0. The number of nitrogens with zero attached hydrogens (tertiary/aromatic N) is 2. The standard InChI is InChI=1S/C11H19BrN2S/c1-4-10(5-12)6-14(3)7-11-8-15-9(2)13-11/h8,10H,4-7H2,1-3H3. The van der Waals surface area contributed by atoms with Gasteiger partial charge in [0.1, 0.15) is 0 Å². The van der Waals surface area contributed by atoms with Crippen LogP contribution in [-0.2, 0) is 6.54 Å². The van der Waals surface area contributed by atoms with Crippen LogP contribution in [0, 0.1) is 12.8 Å². The fraction of sp³-hybridized carbons (Fsp3) is 0.727. The van der Waals surface area contributed by atoms with Crippen molar-refractivity contribution < 1.29 is 0 Å². The van der Waals surface area contributed by atoms with Gasteiger partial charge in [0.05, 0.1) is 10.7 Å². The van der Waals surface area contributed by atoms with Gasteiger partial charge in [-0.3, -0.25) is 0 Å². The van der Waals surface area contributed by atoms with Crippen molar-refractivity contribution in [1.82, 2.24) is 9.88 Å².